The molecule has 0 unspecified atom stereocenters. The first-order valence-electron chi connectivity index (χ1n) is 10.2. The van der Waals surface area contributed by atoms with Crippen LogP contribution in [0.4, 0.5) is 0 Å². The smallest absolute Gasteiger partial charge is 0.333 e. The Morgan fingerprint density at radius 2 is 1.56 bits per heavy atom. The van der Waals surface area contributed by atoms with E-state index in [0.29, 0.717) is 27.7 Å². The number of fused-ring (bicyclic) bond motifs is 1. The van der Waals surface area contributed by atoms with Crippen molar-refractivity contribution in [3.63, 3.8) is 0 Å². The highest BCUT2D eigenvalue weighted by molar-refractivity contribution is 7.85. The van der Waals surface area contributed by atoms with Crippen molar-refractivity contribution >= 4 is 38.4 Å². The first-order valence-corrected chi connectivity index (χ1v) is 12.0. The topological polar surface area (TPSA) is 108 Å². The van der Waals surface area contributed by atoms with E-state index in [4.69, 9.17) is 9.47 Å². The lowest BCUT2D eigenvalue weighted by Crippen LogP contribution is -2.18. The molecule has 0 aliphatic carbocycles. The largest absolute Gasteiger partial charge is 0.489 e. The van der Waals surface area contributed by atoms with Crippen LogP contribution in [-0.4, -0.2) is 45.4 Å². The number of carbonyl (C=O) groups is 2. The molecular formula is C25H23NO7S. The van der Waals surface area contributed by atoms with Gasteiger partial charge in [0, 0.05) is 22.1 Å². The molecule has 0 heterocycles. The number of hydrogen-bond donors (Lipinski definition) is 0. The Kier molecular flexibility index (Phi) is 7.80. The highest BCUT2D eigenvalue weighted by Gasteiger charge is 2.21. The zero-order valence-electron chi connectivity index (χ0n) is 18.7. The van der Waals surface area contributed by atoms with Gasteiger partial charge in [-0.15, -0.1) is 0 Å². The first-order chi connectivity index (χ1) is 16.2. The Morgan fingerprint density at radius 1 is 0.912 bits per heavy atom. The van der Waals surface area contributed by atoms with E-state index >= 15 is 0 Å². The molecule has 34 heavy (non-hydrogen) atoms. The van der Waals surface area contributed by atoms with Crippen LogP contribution in [0.2, 0.25) is 0 Å². The van der Waals surface area contributed by atoms with E-state index in [1.807, 2.05) is 0 Å². The lowest BCUT2D eigenvalue weighted by atomic mass is 9.95. The van der Waals surface area contributed by atoms with Crippen LogP contribution in [0.1, 0.15) is 22.8 Å². The number of esters is 1. The second-order valence-electron chi connectivity index (χ2n) is 7.34. The second-order valence-corrected chi connectivity index (χ2v) is 8.89. The first kappa shape index (κ1) is 24.7. The molecule has 3 aromatic rings. The lowest BCUT2D eigenvalue weighted by molar-refractivity contribution is -0.139. The maximum Gasteiger partial charge on any atom is 0.333 e. The minimum absolute atomic E-state index is 0.0361. The third-order valence-electron chi connectivity index (χ3n) is 4.58. The second kappa shape index (κ2) is 10.8. The molecule has 0 bridgehead atoms. The van der Waals surface area contributed by atoms with Crippen molar-refractivity contribution < 1.29 is 31.8 Å². The normalized spacial score (nSPS) is 11.6. The average Bonchev–Trinajstić information content (AvgIpc) is 2.81. The fraction of sp³-hybridized carbons (Fsp3) is 0.160. The summed E-state index contributed by atoms with van der Waals surface area (Å²) in [5.41, 5.74) is 0.830. The van der Waals surface area contributed by atoms with Gasteiger partial charge in [-0.2, -0.15) is 8.42 Å². The Labute approximate surface area is 197 Å². The van der Waals surface area contributed by atoms with Crippen molar-refractivity contribution in [1.82, 2.24) is 0 Å². The molecule has 176 valence electrons. The quantitative estimate of drug-likeness (QED) is 0.108. The minimum Gasteiger partial charge on any atom is -0.489 e. The summed E-state index contributed by atoms with van der Waals surface area (Å²) in [7, 11) is -3.92. The fourth-order valence-corrected chi connectivity index (χ4v) is 3.27. The Morgan fingerprint density at radius 3 is 2.21 bits per heavy atom. The van der Waals surface area contributed by atoms with Crippen LogP contribution >= 0.6 is 0 Å². The number of ether oxygens (including phenoxy) is 2. The molecule has 0 aliphatic rings. The van der Waals surface area contributed by atoms with E-state index in [9.17, 15) is 18.0 Å². The summed E-state index contributed by atoms with van der Waals surface area (Å²) >= 11 is 0. The van der Waals surface area contributed by atoms with Gasteiger partial charge < -0.3 is 9.47 Å². The van der Waals surface area contributed by atoms with Crippen molar-refractivity contribution in [2.24, 2.45) is 5.16 Å². The minimum atomic E-state index is -3.92. The van der Waals surface area contributed by atoms with Gasteiger partial charge in [0.2, 0.25) is 5.78 Å². The summed E-state index contributed by atoms with van der Waals surface area (Å²) in [6, 6.07) is 18.7. The zero-order chi connectivity index (χ0) is 24.7. The molecule has 9 heteroatoms. The van der Waals surface area contributed by atoms with Gasteiger partial charge in [-0.3, -0.25) is 9.08 Å². The van der Waals surface area contributed by atoms with Gasteiger partial charge in [-0.1, -0.05) is 66.3 Å². The molecule has 0 radical (unpaired) electrons. The molecule has 0 N–H and O–H groups in total. The Hall–Kier alpha value is -3.98. The van der Waals surface area contributed by atoms with Gasteiger partial charge in [0.05, 0.1) is 6.26 Å². The SMILES string of the molecule is C=C(C)C(=O)OCCOc1ccc(C(=O)/C(=N/OS(C)(=O)=O)c2ccccc2)c2ccccc12. The van der Waals surface area contributed by atoms with Crippen LogP contribution in [0, 0.1) is 0 Å². The van der Waals surface area contributed by atoms with E-state index in [1.54, 1.807) is 73.7 Å². The van der Waals surface area contributed by atoms with Gasteiger partial charge in [-0.25, -0.2) is 4.79 Å². The van der Waals surface area contributed by atoms with E-state index in [2.05, 4.69) is 16.0 Å². The molecule has 0 saturated carbocycles. The van der Waals surface area contributed by atoms with Crippen molar-refractivity contribution in [2.75, 3.05) is 19.5 Å². The standard InChI is InChI=1S/C25H23NO7S/c1-17(2)25(28)32-16-15-31-22-14-13-21(19-11-7-8-12-20(19)22)24(27)23(26-33-34(3,29)30)18-9-5-4-6-10-18/h4-14H,1,15-16H2,2-3H3/b26-23+. The molecule has 0 spiro atoms. The van der Waals surface area contributed by atoms with Crippen molar-refractivity contribution in [3.05, 3.63) is 90.0 Å². The Balaban J connectivity index is 1.94. The number of oxime groups is 1. The molecule has 0 atom stereocenters. The van der Waals surface area contributed by atoms with Gasteiger partial charge in [-0.05, 0) is 24.4 Å². The molecule has 8 nitrogen and oxygen atoms in total. The predicted octanol–water partition coefficient (Wildman–Crippen LogP) is 3.90. The van der Waals surface area contributed by atoms with Crippen LogP contribution in [-0.2, 0) is 23.9 Å². The summed E-state index contributed by atoms with van der Waals surface area (Å²) < 4.78 is 38.4. The van der Waals surface area contributed by atoms with Crippen molar-refractivity contribution in [2.45, 2.75) is 6.92 Å². The molecular weight excluding hydrogens is 458 g/mol. The lowest BCUT2D eigenvalue weighted by Gasteiger charge is -2.13. The van der Waals surface area contributed by atoms with E-state index in [1.165, 1.54) is 0 Å². The molecule has 0 saturated heterocycles. The van der Waals surface area contributed by atoms with Gasteiger partial charge >= 0.3 is 16.1 Å². The van der Waals surface area contributed by atoms with Gasteiger partial charge in [0.1, 0.15) is 19.0 Å². The Bertz CT molecular complexity index is 1360. The van der Waals surface area contributed by atoms with Crippen molar-refractivity contribution in [1.29, 1.82) is 0 Å². The summed E-state index contributed by atoms with van der Waals surface area (Å²) in [4.78, 5) is 25.0. The maximum atomic E-state index is 13.5. The maximum absolute atomic E-state index is 13.5. The summed E-state index contributed by atoms with van der Waals surface area (Å²) in [5, 5.41) is 4.88. The van der Waals surface area contributed by atoms with Crippen LogP contribution in [0.25, 0.3) is 10.8 Å². The number of nitrogens with zero attached hydrogens (tertiary/aromatic N) is 1. The van der Waals surface area contributed by atoms with Crippen LogP contribution in [0.3, 0.4) is 0 Å². The third-order valence-corrected chi connectivity index (χ3v) is 4.92. The number of rotatable bonds is 10. The van der Waals surface area contributed by atoms with Crippen LogP contribution in [0.15, 0.2) is 84.0 Å². The molecule has 0 fully saturated rings. The van der Waals surface area contributed by atoms with E-state index < -0.39 is 21.9 Å². The highest BCUT2D eigenvalue weighted by atomic mass is 32.2. The number of ketones is 1. The summed E-state index contributed by atoms with van der Waals surface area (Å²) in [6.45, 7) is 5.22. The van der Waals surface area contributed by atoms with Crippen LogP contribution < -0.4 is 4.74 Å². The van der Waals surface area contributed by atoms with E-state index in [0.717, 1.165) is 6.26 Å². The number of hydrogen-bond acceptors (Lipinski definition) is 8. The predicted molar refractivity (Wildman–Crippen MR) is 128 cm³/mol. The number of carbonyl (C=O) groups excluding carboxylic acids is 2. The zero-order valence-corrected chi connectivity index (χ0v) is 19.5. The van der Waals surface area contributed by atoms with Crippen LogP contribution in [0.5, 0.6) is 5.75 Å². The molecule has 0 aromatic heterocycles. The molecule has 0 amide bonds. The third kappa shape index (κ3) is 6.29. The highest BCUT2D eigenvalue weighted by Crippen LogP contribution is 2.29. The monoisotopic (exact) mass is 481 g/mol. The van der Waals surface area contributed by atoms with Gasteiger partial charge in [0.15, 0.2) is 5.71 Å². The van der Waals surface area contributed by atoms with Gasteiger partial charge in [0.25, 0.3) is 0 Å². The molecule has 0 aliphatic heterocycles. The number of benzene rings is 3. The molecule has 3 rings (SSSR count). The molecule has 3 aromatic carbocycles. The average molecular weight is 482 g/mol. The van der Waals surface area contributed by atoms with E-state index in [-0.39, 0.29) is 24.5 Å². The summed E-state index contributed by atoms with van der Waals surface area (Å²) in [6.07, 6.45) is 0.846. The number of Topliss-reactive ketones (excluding diaryl/α,β-unsaturated/α-hetero) is 1. The fourth-order valence-electron chi connectivity index (χ4n) is 3.06. The summed E-state index contributed by atoms with van der Waals surface area (Å²) in [5.74, 6) is -0.532. The van der Waals surface area contributed by atoms with Crippen molar-refractivity contribution in [3.8, 4) is 5.75 Å².